The number of rotatable bonds is 7. The van der Waals surface area contributed by atoms with Gasteiger partial charge in [0.05, 0.1) is 20.8 Å². The summed E-state index contributed by atoms with van der Waals surface area (Å²) in [6.45, 7) is 5.67. The quantitative estimate of drug-likeness (QED) is 0.353. The van der Waals surface area contributed by atoms with E-state index in [1.54, 1.807) is 14.2 Å². The Balaban J connectivity index is 0.00000280. The number of nitrogens with zero attached hydrogens (tertiary/aromatic N) is 3. The summed E-state index contributed by atoms with van der Waals surface area (Å²) in [5, 5.41) is 3.49. The zero-order valence-corrected chi connectivity index (χ0v) is 20.2. The number of nitrogens with one attached hydrogen (secondary N) is 1. The van der Waals surface area contributed by atoms with Crippen molar-refractivity contribution < 1.29 is 9.47 Å². The van der Waals surface area contributed by atoms with Crippen LogP contribution in [-0.4, -0.2) is 69.8 Å². The molecule has 158 valence electrons. The Morgan fingerprint density at radius 2 is 1.86 bits per heavy atom. The van der Waals surface area contributed by atoms with E-state index < -0.39 is 0 Å². The van der Waals surface area contributed by atoms with Crippen molar-refractivity contribution in [1.82, 2.24) is 15.1 Å². The Bertz CT molecular complexity index is 675. The molecule has 0 aromatic heterocycles. The van der Waals surface area contributed by atoms with Crippen LogP contribution in [0.15, 0.2) is 17.1 Å². The number of ether oxygens (including phenoxy) is 2. The molecule has 1 unspecified atom stereocenters. The maximum Gasteiger partial charge on any atom is 0.194 e. The average molecular weight is 502 g/mol. The van der Waals surface area contributed by atoms with Crippen LogP contribution in [0.4, 0.5) is 0 Å². The second kappa shape index (κ2) is 10.5. The molecule has 7 heteroatoms. The molecule has 1 aliphatic heterocycles. The third-order valence-electron chi connectivity index (χ3n) is 5.61. The molecule has 1 N–H and O–H groups in total. The molecule has 1 fully saturated rings. The highest BCUT2D eigenvalue weighted by Gasteiger charge is 2.32. The Hall–Kier alpha value is -1.22. The third-order valence-corrected chi connectivity index (χ3v) is 5.61. The van der Waals surface area contributed by atoms with Crippen LogP contribution in [0, 0.1) is 5.92 Å². The second-order valence-electron chi connectivity index (χ2n) is 7.71. The lowest BCUT2D eigenvalue weighted by atomic mass is 9.99. The maximum atomic E-state index is 5.49. The normalized spacial score (nSPS) is 17.6. The van der Waals surface area contributed by atoms with Gasteiger partial charge in [-0.25, -0.2) is 0 Å². The molecule has 1 aliphatic carbocycles. The zero-order valence-electron chi connectivity index (χ0n) is 17.8. The summed E-state index contributed by atoms with van der Waals surface area (Å²) in [5.41, 5.74) is 2.62. The van der Waals surface area contributed by atoms with E-state index in [1.165, 1.54) is 24.0 Å². The summed E-state index contributed by atoms with van der Waals surface area (Å²) in [7, 11) is 7.72. The Labute approximate surface area is 186 Å². The summed E-state index contributed by atoms with van der Waals surface area (Å²) in [6.07, 6.45) is 3.67. The Morgan fingerprint density at radius 1 is 1.21 bits per heavy atom. The summed E-state index contributed by atoms with van der Waals surface area (Å²) in [4.78, 5) is 9.69. The van der Waals surface area contributed by atoms with E-state index >= 15 is 0 Å². The molecule has 0 spiro atoms. The van der Waals surface area contributed by atoms with E-state index in [9.17, 15) is 0 Å². The van der Waals surface area contributed by atoms with Crippen molar-refractivity contribution in [3.05, 3.63) is 23.3 Å². The number of likely N-dealkylation sites (N-methyl/N-ethyl adjacent to an activating group) is 1. The lowest BCUT2D eigenvalue weighted by Crippen LogP contribution is -2.45. The minimum atomic E-state index is 0. The van der Waals surface area contributed by atoms with Gasteiger partial charge in [-0.2, -0.15) is 0 Å². The first-order valence-corrected chi connectivity index (χ1v) is 10.0. The first-order valence-electron chi connectivity index (χ1n) is 10.0. The van der Waals surface area contributed by atoms with Crippen LogP contribution in [0.2, 0.25) is 0 Å². The van der Waals surface area contributed by atoms with E-state index in [2.05, 4.69) is 48.3 Å². The molecule has 1 atom stereocenters. The lowest BCUT2D eigenvalue weighted by Gasteiger charge is -2.33. The van der Waals surface area contributed by atoms with E-state index in [1.807, 2.05) is 0 Å². The topological polar surface area (TPSA) is 49.3 Å². The van der Waals surface area contributed by atoms with Gasteiger partial charge in [0, 0.05) is 25.7 Å². The summed E-state index contributed by atoms with van der Waals surface area (Å²) in [6, 6.07) is 4.77. The number of guanidine groups is 1. The number of fused-ring (bicyclic) bond motifs is 1. The predicted molar refractivity (Wildman–Crippen MR) is 125 cm³/mol. The van der Waals surface area contributed by atoms with Gasteiger partial charge >= 0.3 is 0 Å². The van der Waals surface area contributed by atoms with Crippen molar-refractivity contribution in [3.8, 4) is 11.5 Å². The van der Waals surface area contributed by atoms with Gasteiger partial charge in [-0.1, -0.05) is 0 Å². The standard InChI is InChI=1S/C21H34N4O2.HI/c1-6-22-21(23-13-18(24(2)3)15-7-8-15)25-10-9-16-11-19(26-4)20(27-5)12-17(16)14-25;/h11-12,15,18H,6-10,13-14H2,1-5H3,(H,22,23);1H. The highest BCUT2D eigenvalue weighted by Crippen LogP contribution is 2.35. The van der Waals surface area contributed by atoms with E-state index in [0.717, 1.165) is 56.0 Å². The minimum Gasteiger partial charge on any atom is -0.493 e. The minimum absolute atomic E-state index is 0. The van der Waals surface area contributed by atoms with Crippen LogP contribution in [0.3, 0.4) is 0 Å². The van der Waals surface area contributed by atoms with Gasteiger partial charge in [-0.05, 0) is 69.5 Å². The fraction of sp³-hybridized carbons (Fsp3) is 0.667. The largest absolute Gasteiger partial charge is 0.493 e. The summed E-state index contributed by atoms with van der Waals surface area (Å²) in [5.74, 6) is 3.43. The molecule has 2 aliphatic rings. The number of hydrogen-bond donors (Lipinski definition) is 1. The lowest BCUT2D eigenvalue weighted by molar-refractivity contribution is 0.269. The van der Waals surface area contributed by atoms with Gasteiger partial charge < -0.3 is 24.6 Å². The van der Waals surface area contributed by atoms with Gasteiger partial charge in [0.15, 0.2) is 17.5 Å². The van der Waals surface area contributed by atoms with Crippen LogP contribution in [0.1, 0.15) is 30.9 Å². The fourth-order valence-corrected chi connectivity index (χ4v) is 3.88. The van der Waals surface area contributed by atoms with E-state index in [0.29, 0.717) is 6.04 Å². The molecular weight excluding hydrogens is 467 g/mol. The number of aliphatic imine (C=N–C) groups is 1. The molecular formula is C21H35IN4O2. The third kappa shape index (κ3) is 5.43. The van der Waals surface area contributed by atoms with Crippen LogP contribution in [0.5, 0.6) is 11.5 Å². The van der Waals surface area contributed by atoms with Gasteiger partial charge in [-0.3, -0.25) is 4.99 Å². The maximum absolute atomic E-state index is 5.49. The van der Waals surface area contributed by atoms with E-state index in [4.69, 9.17) is 14.5 Å². The van der Waals surface area contributed by atoms with Crippen LogP contribution >= 0.6 is 24.0 Å². The van der Waals surface area contributed by atoms with Crippen molar-refractivity contribution in [2.45, 2.75) is 38.8 Å². The first kappa shape index (κ1) is 23.1. The molecule has 1 aromatic rings. The molecule has 1 heterocycles. The zero-order chi connectivity index (χ0) is 19.4. The molecule has 0 bridgehead atoms. The van der Waals surface area contributed by atoms with Gasteiger partial charge in [-0.15, -0.1) is 24.0 Å². The Morgan fingerprint density at radius 3 is 2.39 bits per heavy atom. The smallest absolute Gasteiger partial charge is 0.194 e. The highest BCUT2D eigenvalue weighted by atomic mass is 127. The Kier molecular flexibility index (Phi) is 8.67. The molecule has 0 saturated heterocycles. The molecule has 3 rings (SSSR count). The van der Waals surface area contributed by atoms with Crippen molar-refractivity contribution in [3.63, 3.8) is 0 Å². The van der Waals surface area contributed by atoms with Crippen LogP contribution in [-0.2, 0) is 13.0 Å². The predicted octanol–water partition coefficient (Wildman–Crippen LogP) is 2.99. The van der Waals surface area contributed by atoms with Crippen LogP contribution < -0.4 is 14.8 Å². The molecule has 6 nitrogen and oxygen atoms in total. The summed E-state index contributed by atoms with van der Waals surface area (Å²) < 4.78 is 10.9. The van der Waals surface area contributed by atoms with Crippen molar-refractivity contribution in [2.75, 3.05) is 47.9 Å². The van der Waals surface area contributed by atoms with Crippen molar-refractivity contribution in [2.24, 2.45) is 10.9 Å². The molecule has 28 heavy (non-hydrogen) atoms. The second-order valence-corrected chi connectivity index (χ2v) is 7.71. The molecule has 1 aromatic carbocycles. The van der Waals surface area contributed by atoms with Gasteiger partial charge in [0.2, 0.25) is 0 Å². The van der Waals surface area contributed by atoms with Crippen LogP contribution in [0.25, 0.3) is 0 Å². The number of methoxy groups -OCH3 is 2. The number of hydrogen-bond acceptors (Lipinski definition) is 4. The highest BCUT2D eigenvalue weighted by molar-refractivity contribution is 14.0. The number of benzene rings is 1. The average Bonchev–Trinajstić information content (AvgIpc) is 3.50. The van der Waals surface area contributed by atoms with E-state index in [-0.39, 0.29) is 24.0 Å². The van der Waals surface area contributed by atoms with Gasteiger partial charge in [0.1, 0.15) is 0 Å². The number of halogens is 1. The SMILES string of the molecule is CCNC(=NCC(C1CC1)N(C)C)N1CCc2cc(OC)c(OC)cc2C1.I. The van der Waals surface area contributed by atoms with Crippen molar-refractivity contribution >= 4 is 29.9 Å². The monoisotopic (exact) mass is 502 g/mol. The molecule has 0 radical (unpaired) electrons. The first-order chi connectivity index (χ1) is 13.1. The summed E-state index contributed by atoms with van der Waals surface area (Å²) >= 11 is 0. The molecule has 1 saturated carbocycles. The fourth-order valence-electron chi connectivity index (χ4n) is 3.88. The molecule has 0 amide bonds. The van der Waals surface area contributed by atoms with Gasteiger partial charge in [0.25, 0.3) is 0 Å². The van der Waals surface area contributed by atoms with Crippen molar-refractivity contribution in [1.29, 1.82) is 0 Å².